The molecule has 0 saturated carbocycles. The highest BCUT2D eigenvalue weighted by Crippen LogP contribution is 2.51. The van der Waals surface area contributed by atoms with E-state index in [4.69, 9.17) is 9.47 Å². The lowest BCUT2D eigenvalue weighted by Crippen LogP contribution is -2.23. The van der Waals surface area contributed by atoms with Crippen LogP contribution in [0.5, 0.6) is 11.5 Å². The van der Waals surface area contributed by atoms with Crippen LogP contribution in [0.1, 0.15) is 33.6 Å². The number of ether oxygens (including phenoxy) is 2. The molecule has 0 fully saturated rings. The Morgan fingerprint density at radius 1 is 1.25 bits per heavy atom. The smallest absolute Gasteiger partial charge is 0.190 e. The van der Waals surface area contributed by atoms with E-state index in [1.165, 1.54) is 0 Å². The third kappa shape index (κ3) is 2.83. The van der Waals surface area contributed by atoms with E-state index in [2.05, 4.69) is 63.7 Å². The second kappa shape index (κ2) is 6.26. The summed E-state index contributed by atoms with van der Waals surface area (Å²) in [5.41, 5.74) is 1.45. The molecule has 1 aliphatic rings. The maximum Gasteiger partial charge on any atom is 0.190 e. The van der Waals surface area contributed by atoms with E-state index < -0.39 is 3.23 Å². The third-order valence-electron chi connectivity index (χ3n) is 3.24. The lowest BCUT2D eigenvalue weighted by atomic mass is 10.0. The molecule has 0 spiro atoms. The van der Waals surface area contributed by atoms with Gasteiger partial charge in [0.05, 0.1) is 18.7 Å². The Morgan fingerprint density at radius 2 is 1.85 bits per heavy atom. The molecule has 20 heavy (non-hydrogen) atoms. The van der Waals surface area contributed by atoms with Crippen molar-refractivity contribution in [1.29, 1.82) is 0 Å². The van der Waals surface area contributed by atoms with Crippen LogP contribution in [0.15, 0.2) is 10.5 Å². The number of carbonyl (C=O) groups is 1. The summed E-state index contributed by atoms with van der Waals surface area (Å²) in [7, 11) is 3.16. The highest BCUT2D eigenvalue weighted by Gasteiger charge is 2.41. The molecule has 2 rings (SSSR count). The molecule has 1 aromatic rings. The number of hydrogen-bond donors (Lipinski definition) is 0. The van der Waals surface area contributed by atoms with Gasteiger partial charge in [-0.3, -0.25) is 4.79 Å². The number of fused-ring (bicyclic) bond motifs is 1. The average Bonchev–Trinajstić information content (AvgIpc) is 2.49. The van der Waals surface area contributed by atoms with Crippen molar-refractivity contribution in [2.24, 2.45) is 0 Å². The summed E-state index contributed by atoms with van der Waals surface area (Å²) >= 11 is 14.0. The molecule has 0 saturated heterocycles. The van der Waals surface area contributed by atoms with Gasteiger partial charge in [0.2, 0.25) is 0 Å². The van der Waals surface area contributed by atoms with E-state index >= 15 is 0 Å². The Kier molecular flexibility index (Phi) is 5.25. The van der Waals surface area contributed by atoms with E-state index in [0.717, 1.165) is 12.0 Å². The molecule has 0 amide bonds. The summed E-state index contributed by atoms with van der Waals surface area (Å²) in [6.07, 6.45) is 1.45. The Morgan fingerprint density at radius 3 is 2.40 bits per heavy atom. The number of carbonyl (C=O) groups excluding carboxylic acids is 1. The molecule has 1 unspecified atom stereocenters. The van der Waals surface area contributed by atoms with Crippen molar-refractivity contribution in [2.75, 3.05) is 14.2 Å². The summed E-state index contributed by atoms with van der Waals surface area (Å²) in [5.74, 6) is 1.17. The molecule has 7 heteroatoms. The monoisotopic (exact) mass is 532 g/mol. The van der Waals surface area contributed by atoms with Gasteiger partial charge in [-0.15, -0.1) is 0 Å². The number of halogens is 4. The minimum absolute atomic E-state index is 0.0175. The average molecular weight is 536 g/mol. The predicted molar refractivity (Wildman–Crippen MR) is 93.1 cm³/mol. The van der Waals surface area contributed by atoms with Gasteiger partial charge in [0.25, 0.3) is 0 Å². The Labute approximate surface area is 151 Å². The van der Waals surface area contributed by atoms with E-state index in [1.54, 1.807) is 20.3 Å². The van der Waals surface area contributed by atoms with E-state index in [0.29, 0.717) is 28.0 Å². The topological polar surface area (TPSA) is 35.5 Å². The number of hydrogen-bond acceptors (Lipinski definition) is 3. The van der Waals surface area contributed by atoms with Gasteiger partial charge in [-0.25, -0.2) is 0 Å². The third-order valence-corrected chi connectivity index (χ3v) is 6.26. The predicted octanol–water partition coefficient (Wildman–Crippen LogP) is 5.36. The maximum atomic E-state index is 12.7. The summed E-state index contributed by atoms with van der Waals surface area (Å²) in [6, 6.07) is 1.79. The number of Topliss-reactive ketones (excluding diaryl/α,β-unsaturated/α-hetero) is 1. The molecule has 1 aromatic carbocycles. The minimum atomic E-state index is -0.740. The zero-order valence-corrected chi connectivity index (χ0v) is 17.1. The van der Waals surface area contributed by atoms with Gasteiger partial charge in [0.15, 0.2) is 17.3 Å². The van der Waals surface area contributed by atoms with Gasteiger partial charge in [0.1, 0.15) is 3.23 Å². The van der Waals surface area contributed by atoms with Crippen LogP contribution < -0.4 is 9.47 Å². The summed E-state index contributed by atoms with van der Waals surface area (Å²) in [4.78, 5) is 12.7. The first-order valence-electron chi connectivity index (χ1n) is 5.84. The molecular formula is C13H12Br4O3. The lowest BCUT2D eigenvalue weighted by Gasteiger charge is -2.20. The van der Waals surface area contributed by atoms with Gasteiger partial charge < -0.3 is 9.47 Å². The normalized spacial score (nSPS) is 21.1. The Hall–Kier alpha value is 0.410. The zero-order chi connectivity index (χ0) is 15.1. The largest absolute Gasteiger partial charge is 0.492 e. The quantitative estimate of drug-likeness (QED) is 0.378. The van der Waals surface area contributed by atoms with Crippen LogP contribution in [0, 0.1) is 0 Å². The molecule has 0 radical (unpaired) electrons. The first kappa shape index (κ1) is 16.8. The van der Waals surface area contributed by atoms with Crippen molar-refractivity contribution < 1.29 is 14.3 Å². The summed E-state index contributed by atoms with van der Waals surface area (Å²) < 4.78 is 10.8. The summed E-state index contributed by atoms with van der Waals surface area (Å²) in [5, 5.41) is 0. The summed E-state index contributed by atoms with van der Waals surface area (Å²) in [6.45, 7) is 0. The van der Waals surface area contributed by atoms with Crippen molar-refractivity contribution >= 4 is 69.5 Å². The molecule has 0 N–H and O–H groups in total. The fourth-order valence-electron chi connectivity index (χ4n) is 2.28. The van der Waals surface area contributed by atoms with Crippen LogP contribution in [-0.2, 0) is 0 Å². The second-order valence-corrected chi connectivity index (χ2v) is 10.2. The SMILES string of the molecule is COc1c(Br)cc2c(c1OC)C(Br)CCC(Br)(Br)C2=O. The molecule has 1 atom stereocenters. The highest BCUT2D eigenvalue weighted by atomic mass is 79.9. The maximum absolute atomic E-state index is 12.7. The van der Waals surface area contributed by atoms with Gasteiger partial charge in [0, 0.05) is 16.0 Å². The number of alkyl halides is 3. The van der Waals surface area contributed by atoms with Crippen LogP contribution in [0.2, 0.25) is 0 Å². The number of rotatable bonds is 2. The van der Waals surface area contributed by atoms with Crippen LogP contribution >= 0.6 is 63.7 Å². The highest BCUT2D eigenvalue weighted by molar-refractivity contribution is 9.26. The minimum Gasteiger partial charge on any atom is -0.492 e. The first-order valence-corrected chi connectivity index (χ1v) is 9.14. The number of ketones is 1. The molecule has 3 nitrogen and oxygen atoms in total. The first-order chi connectivity index (χ1) is 9.33. The molecule has 0 bridgehead atoms. The van der Waals surface area contributed by atoms with Crippen LogP contribution in [0.3, 0.4) is 0 Å². The van der Waals surface area contributed by atoms with Crippen molar-refractivity contribution in [3.05, 3.63) is 21.7 Å². The fraction of sp³-hybridized carbons (Fsp3) is 0.462. The molecular weight excluding hydrogens is 524 g/mol. The second-order valence-electron chi connectivity index (χ2n) is 4.43. The standard InChI is InChI=1S/C13H12Br4O3/c1-19-10-8(15)5-6-9(11(10)20-2)7(14)3-4-13(16,17)12(6)18/h5,7H,3-4H2,1-2H3. The van der Waals surface area contributed by atoms with Crippen molar-refractivity contribution in [1.82, 2.24) is 0 Å². The van der Waals surface area contributed by atoms with Gasteiger partial charge in [-0.2, -0.15) is 0 Å². The molecule has 0 aromatic heterocycles. The van der Waals surface area contributed by atoms with Crippen molar-refractivity contribution in [3.8, 4) is 11.5 Å². The number of methoxy groups -OCH3 is 2. The molecule has 1 aliphatic carbocycles. The zero-order valence-electron chi connectivity index (χ0n) is 10.8. The van der Waals surface area contributed by atoms with Crippen LogP contribution in [-0.4, -0.2) is 23.2 Å². The van der Waals surface area contributed by atoms with Gasteiger partial charge in [-0.05, 0) is 34.8 Å². The van der Waals surface area contributed by atoms with Gasteiger partial charge >= 0.3 is 0 Å². The van der Waals surface area contributed by atoms with Gasteiger partial charge in [-0.1, -0.05) is 47.8 Å². The van der Waals surface area contributed by atoms with Crippen molar-refractivity contribution in [3.63, 3.8) is 0 Å². The van der Waals surface area contributed by atoms with Crippen LogP contribution in [0.25, 0.3) is 0 Å². The Balaban J connectivity index is 2.77. The molecule has 0 aliphatic heterocycles. The lowest BCUT2D eigenvalue weighted by molar-refractivity contribution is 0.0981. The van der Waals surface area contributed by atoms with Crippen molar-refractivity contribution in [2.45, 2.75) is 20.9 Å². The van der Waals surface area contributed by atoms with Crippen LogP contribution in [0.4, 0.5) is 0 Å². The van der Waals surface area contributed by atoms with E-state index in [9.17, 15) is 4.79 Å². The fourth-order valence-corrected chi connectivity index (χ4v) is 4.42. The molecule has 110 valence electrons. The van der Waals surface area contributed by atoms with E-state index in [1.807, 2.05) is 0 Å². The Bertz CT molecular complexity index is 557. The number of benzene rings is 1. The molecule has 0 heterocycles. The van der Waals surface area contributed by atoms with E-state index in [-0.39, 0.29) is 10.6 Å².